The van der Waals surface area contributed by atoms with Crippen LogP contribution >= 0.6 is 0 Å². The van der Waals surface area contributed by atoms with E-state index in [1.165, 1.54) is 36.7 Å². The van der Waals surface area contributed by atoms with Crippen LogP contribution in [0.3, 0.4) is 0 Å². The highest BCUT2D eigenvalue weighted by molar-refractivity contribution is 7.21. The molecule has 320 valence electrons. The number of para-hydroxylation sites is 4. The highest BCUT2D eigenvalue weighted by atomic mass is 28.3. The summed E-state index contributed by atoms with van der Waals surface area (Å²) in [5.41, 5.74) is 5.97. The second-order valence-electron chi connectivity index (χ2n) is 17.6. The van der Waals surface area contributed by atoms with Gasteiger partial charge in [0.1, 0.15) is 23.0 Å². The monoisotopic (exact) mass is 895 g/mol. The van der Waals surface area contributed by atoms with Crippen LogP contribution in [0.4, 0.5) is 0 Å². The maximum absolute atomic E-state index is 7.19. The molecule has 2 aliphatic heterocycles. The quantitative estimate of drug-likeness (QED) is 0.150. The molecule has 0 saturated heterocycles. The Morgan fingerprint density at radius 2 is 0.657 bits per heavy atom. The van der Waals surface area contributed by atoms with Crippen LogP contribution < -0.4 is 51.0 Å². The van der Waals surface area contributed by atoms with Gasteiger partial charge in [0.2, 0.25) is 0 Å². The van der Waals surface area contributed by atoms with Crippen LogP contribution in [0.5, 0.6) is 23.0 Å². The topological polar surface area (TPSA) is 57.1 Å². The molecule has 0 unspecified atom stereocenters. The number of aryl methyl sites for hydroxylation is 3. The third-order valence-electron chi connectivity index (χ3n) is 13.7. The Kier molecular flexibility index (Phi) is 9.78. The summed E-state index contributed by atoms with van der Waals surface area (Å²) < 4.78 is 14.4. The van der Waals surface area contributed by atoms with Crippen molar-refractivity contribution in [2.75, 3.05) is 0 Å². The smallest absolute Gasteiger partial charge is 0.188 e. The summed E-state index contributed by atoms with van der Waals surface area (Å²) in [4.78, 5) is 16.5. The molecule has 12 rings (SSSR count). The van der Waals surface area contributed by atoms with E-state index in [0.717, 1.165) is 61.2 Å². The lowest BCUT2D eigenvalue weighted by molar-refractivity contribution is 0.488. The van der Waals surface area contributed by atoms with Gasteiger partial charge >= 0.3 is 0 Å². The van der Waals surface area contributed by atoms with Crippen LogP contribution in [0, 0.1) is 20.8 Å². The Morgan fingerprint density at radius 3 is 1.04 bits per heavy atom. The van der Waals surface area contributed by atoms with E-state index >= 15 is 0 Å². The van der Waals surface area contributed by atoms with Crippen LogP contribution in [0.15, 0.2) is 218 Å². The first-order valence-corrected chi connectivity index (χ1v) is 26.8. The van der Waals surface area contributed by atoms with Crippen molar-refractivity contribution in [2.24, 2.45) is 0 Å². The van der Waals surface area contributed by atoms with Crippen LogP contribution in [0.1, 0.15) is 16.7 Å². The van der Waals surface area contributed by atoms with Crippen molar-refractivity contribution in [2.45, 2.75) is 20.8 Å². The Morgan fingerprint density at radius 1 is 0.328 bits per heavy atom. The fourth-order valence-electron chi connectivity index (χ4n) is 11.1. The van der Waals surface area contributed by atoms with Gasteiger partial charge in [-0.1, -0.05) is 200 Å². The summed E-state index contributed by atoms with van der Waals surface area (Å²) >= 11 is 0. The van der Waals surface area contributed by atoms with Crippen molar-refractivity contribution in [3.05, 3.63) is 235 Å². The molecular weight excluding hydrogens is 851 g/mol. The van der Waals surface area contributed by atoms with E-state index in [2.05, 4.69) is 239 Å². The van der Waals surface area contributed by atoms with Gasteiger partial charge in [0.25, 0.3) is 0 Å². The van der Waals surface area contributed by atoms with Gasteiger partial charge in [-0.15, -0.1) is 0 Å². The molecule has 10 aromatic rings. The third-order valence-corrected chi connectivity index (χ3v) is 23.3. The molecule has 0 atom stereocenters. The molecule has 67 heavy (non-hydrogen) atoms. The number of nitrogens with zero attached hydrogens (tertiary/aromatic N) is 3. The predicted octanol–water partition coefficient (Wildman–Crippen LogP) is 8.76. The number of rotatable bonds is 7. The van der Waals surface area contributed by atoms with Gasteiger partial charge in [0.05, 0.1) is 11.1 Å². The average Bonchev–Trinajstić information content (AvgIpc) is 3.37. The standard InChI is InChI=1S/C60H45N3O2Si2/c1-40-38-41(2)55(42(3)39-40)60-62-58(47-30-20-36-53-56(47)64-49-32-16-18-34-51(49)66(53,43-22-8-4-9-23-43)44-24-10-5-11-25-44)61-59(63-60)48-31-21-37-54-57(48)65-50-33-17-19-35-52(50)67(54,45-26-12-6-13-27-45)46-28-14-7-15-29-46/h4-39H,1-3H3. The maximum atomic E-state index is 7.19. The van der Waals surface area contributed by atoms with Gasteiger partial charge < -0.3 is 9.47 Å². The molecule has 0 aliphatic carbocycles. The molecule has 9 aromatic carbocycles. The zero-order valence-corrected chi connectivity index (χ0v) is 39.4. The molecule has 0 radical (unpaired) electrons. The van der Waals surface area contributed by atoms with Gasteiger partial charge in [0.15, 0.2) is 33.6 Å². The van der Waals surface area contributed by atoms with Crippen molar-refractivity contribution in [1.29, 1.82) is 0 Å². The lowest BCUT2D eigenvalue weighted by Crippen LogP contribution is -2.76. The summed E-state index contributed by atoms with van der Waals surface area (Å²) in [7, 11) is -5.93. The second kappa shape index (κ2) is 16.2. The second-order valence-corrected chi connectivity index (χ2v) is 25.1. The Labute approximate surface area is 393 Å². The lowest BCUT2D eigenvalue weighted by atomic mass is 9.99. The predicted molar refractivity (Wildman–Crippen MR) is 278 cm³/mol. The summed E-state index contributed by atoms with van der Waals surface area (Å²) in [6, 6.07) is 78.4. The first-order valence-electron chi connectivity index (χ1n) is 22.8. The minimum absolute atomic E-state index is 0.531. The molecule has 7 heteroatoms. The summed E-state index contributed by atoms with van der Waals surface area (Å²) in [6.45, 7) is 6.43. The number of hydrogen-bond acceptors (Lipinski definition) is 5. The van der Waals surface area contributed by atoms with Crippen molar-refractivity contribution < 1.29 is 9.47 Å². The number of ether oxygens (including phenoxy) is 2. The summed E-state index contributed by atoms with van der Waals surface area (Å²) in [5, 5.41) is 9.80. The minimum Gasteiger partial charge on any atom is -0.457 e. The molecule has 0 fully saturated rings. The Bertz CT molecular complexity index is 3210. The molecule has 3 heterocycles. The molecule has 5 nitrogen and oxygen atoms in total. The van der Waals surface area contributed by atoms with Crippen molar-refractivity contribution in [1.82, 2.24) is 15.0 Å². The number of benzene rings is 9. The first-order chi connectivity index (χ1) is 33.0. The van der Waals surface area contributed by atoms with Crippen LogP contribution in [-0.2, 0) is 0 Å². The van der Waals surface area contributed by atoms with Crippen molar-refractivity contribution in [3.63, 3.8) is 0 Å². The van der Waals surface area contributed by atoms with Crippen molar-refractivity contribution >= 4 is 57.6 Å². The van der Waals surface area contributed by atoms with Gasteiger partial charge in [0, 0.05) is 5.56 Å². The lowest BCUT2D eigenvalue weighted by Gasteiger charge is -2.40. The van der Waals surface area contributed by atoms with E-state index in [-0.39, 0.29) is 0 Å². The summed E-state index contributed by atoms with van der Waals surface area (Å²) in [6.07, 6.45) is 0. The minimum atomic E-state index is -2.97. The highest BCUT2D eigenvalue weighted by Gasteiger charge is 2.50. The molecule has 0 bridgehead atoms. The average molecular weight is 896 g/mol. The number of fused-ring (bicyclic) bond motifs is 4. The van der Waals surface area contributed by atoms with Gasteiger partial charge in [-0.05, 0) is 97.7 Å². The number of hydrogen-bond donors (Lipinski definition) is 0. The van der Waals surface area contributed by atoms with E-state index in [0.29, 0.717) is 17.5 Å². The normalized spacial score (nSPS) is 13.8. The van der Waals surface area contributed by atoms with E-state index in [1.54, 1.807) is 0 Å². The van der Waals surface area contributed by atoms with Crippen LogP contribution in [-0.4, -0.2) is 31.1 Å². The van der Waals surface area contributed by atoms with E-state index < -0.39 is 16.1 Å². The molecule has 0 N–H and O–H groups in total. The summed E-state index contributed by atoms with van der Waals surface area (Å²) in [5.74, 6) is 4.87. The van der Waals surface area contributed by atoms with Crippen LogP contribution in [0.2, 0.25) is 0 Å². The van der Waals surface area contributed by atoms with Gasteiger partial charge in [-0.2, -0.15) is 0 Å². The van der Waals surface area contributed by atoms with E-state index in [9.17, 15) is 0 Å². The van der Waals surface area contributed by atoms with Crippen LogP contribution in [0.25, 0.3) is 34.2 Å². The fraction of sp³-hybridized carbons (Fsp3) is 0.0500. The maximum Gasteiger partial charge on any atom is 0.188 e. The Hall–Kier alpha value is -7.98. The molecule has 0 spiro atoms. The molecule has 0 amide bonds. The van der Waals surface area contributed by atoms with E-state index in [4.69, 9.17) is 24.4 Å². The molecule has 1 aromatic heterocycles. The molecule has 0 saturated carbocycles. The number of aromatic nitrogens is 3. The molecule has 2 aliphatic rings. The van der Waals surface area contributed by atoms with E-state index in [1.807, 2.05) is 0 Å². The largest absolute Gasteiger partial charge is 0.457 e. The SMILES string of the molecule is Cc1cc(C)c(-c2nc(-c3cccc4c3Oc3ccccc3[Si]4(c3ccccc3)c3ccccc3)nc(-c3cccc4c3Oc3ccccc3[Si]4(c3ccccc3)c3ccccc3)n2)c(C)c1. The third kappa shape index (κ3) is 6.30. The fourth-order valence-corrected chi connectivity index (χ4v) is 21.0. The zero-order valence-electron chi connectivity index (χ0n) is 37.4. The van der Waals surface area contributed by atoms with Gasteiger partial charge in [-0.3, -0.25) is 0 Å². The highest BCUT2D eigenvalue weighted by Crippen LogP contribution is 2.40. The first kappa shape index (κ1) is 40.5. The van der Waals surface area contributed by atoms with Crippen molar-refractivity contribution in [3.8, 4) is 57.2 Å². The zero-order chi connectivity index (χ0) is 45.1. The Balaban J connectivity index is 1.15. The molecular formula is C60H45N3O2Si2. The van der Waals surface area contributed by atoms with Gasteiger partial charge in [-0.25, -0.2) is 15.0 Å².